The molecule has 4 nitrogen and oxygen atoms in total. The van der Waals surface area contributed by atoms with Crippen molar-refractivity contribution in [3.63, 3.8) is 0 Å². The lowest BCUT2D eigenvalue weighted by Gasteiger charge is -2.29. The first-order chi connectivity index (χ1) is 7.11. The lowest BCUT2D eigenvalue weighted by molar-refractivity contribution is -0.152. The number of hydrogen-bond donors (Lipinski definition) is 1. The number of ether oxygens (including phenoxy) is 1. The Kier molecular flexibility index (Phi) is 2.56. The number of carbonyl (C=O) groups excluding carboxylic acids is 1. The van der Waals surface area contributed by atoms with Gasteiger partial charge >= 0.3 is 5.97 Å². The SMILES string of the molecule is C=C1CCN2CC(O)C[C@@]12C(=O)OCC. The number of β-amino-alcohol motifs (C(OH)–C–C–N with tert-alkyl or cyclic N) is 1. The fourth-order valence-electron chi connectivity index (χ4n) is 2.68. The summed E-state index contributed by atoms with van der Waals surface area (Å²) in [4.78, 5) is 14.0. The Morgan fingerprint density at radius 1 is 1.80 bits per heavy atom. The molecule has 15 heavy (non-hydrogen) atoms. The molecule has 2 heterocycles. The van der Waals surface area contributed by atoms with Gasteiger partial charge < -0.3 is 9.84 Å². The van der Waals surface area contributed by atoms with Crippen LogP contribution in [0.1, 0.15) is 19.8 Å². The summed E-state index contributed by atoms with van der Waals surface area (Å²) in [5.74, 6) is -0.246. The molecule has 1 N–H and O–H groups in total. The molecule has 0 radical (unpaired) electrons. The molecule has 2 saturated heterocycles. The molecule has 0 saturated carbocycles. The summed E-state index contributed by atoms with van der Waals surface area (Å²) < 4.78 is 5.10. The topological polar surface area (TPSA) is 49.8 Å². The van der Waals surface area contributed by atoms with Gasteiger partial charge in [0.15, 0.2) is 0 Å². The largest absolute Gasteiger partial charge is 0.464 e. The van der Waals surface area contributed by atoms with Gasteiger partial charge in [-0.3, -0.25) is 4.90 Å². The normalized spacial score (nSPS) is 35.6. The smallest absolute Gasteiger partial charge is 0.330 e. The molecule has 2 rings (SSSR count). The van der Waals surface area contributed by atoms with Crippen LogP contribution in [0.25, 0.3) is 0 Å². The summed E-state index contributed by atoms with van der Waals surface area (Å²) in [5, 5.41) is 9.64. The van der Waals surface area contributed by atoms with Crippen LogP contribution in [-0.2, 0) is 9.53 Å². The predicted octanol–water partition coefficient (Wildman–Crippen LogP) is 0.315. The highest BCUT2D eigenvalue weighted by atomic mass is 16.5. The summed E-state index contributed by atoms with van der Waals surface area (Å²) in [6.45, 7) is 7.47. The maximum atomic E-state index is 12.0. The summed E-state index contributed by atoms with van der Waals surface area (Å²) in [7, 11) is 0. The van der Waals surface area contributed by atoms with Crippen LogP contribution in [-0.4, -0.2) is 47.3 Å². The standard InChI is InChI=1S/C11H17NO3/c1-3-15-10(14)11-6-9(13)7-12(11)5-4-8(11)2/h9,13H,2-7H2,1H3/t9?,11-/m0/s1. The van der Waals surface area contributed by atoms with Gasteiger partial charge in [0.2, 0.25) is 0 Å². The zero-order valence-electron chi connectivity index (χ0n) is 9.03. The van der Waals surface area contributed by atoms with E-state index in [0.717, 1.165) is 18.5 Å². The van der Waals surface area contributed by atoms with Crippen LogP contribution in [0, 0.1) is 0 Å². The second-order valence-corrected chi connectivity index (χ2v) is 4.24. The molecule has 0 aromatic rings. The number of hydrogen-bond acceptors (Lipinski definition) is 4. The first kappa shape index (κ1) is 10.6. The van der Waals surface area contributed by atoms with Crippen LogP contribution in [0.15, 0.2) is 12.2 Å². The number of esters is 1. The fourth-order valence-corrected chi connectivity index (χ4v) is 2.68. The van der Waals surface area contributed by atoms with E-state index in [-0.39, 0.29) is 5.97 Å². The fraction of sp³-hybridized carbons (Fsp3) is 0.727. The van der Waals surface area contributed by atoms with Crippen LogP contribution < -0.4 is 0 Å². The molecule has 2 atom stereocenters. The third kappa shape index (κ3) is 1.40. The second-order valence-electron chi connectivity index (χ2n) is 4.24. The third-order valence-electron chi connectivity index (χ3n) is 3.38. The highest BCUT2D eigenvalue weighted by molar-refractivity contribution is 5.86. The number of aliphatic hydroxyl groups excluding tert-OH is 1. The van der Waals surface area contributed by atoms with Crippen molar-refractivity contribution in [2.75, 3.05) is 19.7 Å². The van der Waals surface area contributed by atoms with E-state index in [0.29, 0.717) is 19.6 Å². The van der Waals surface area contributed by atoms with Gasteiger partial charge in [0.05, 0.1) is 12.7 Å². The number of nitrogens with zero attached hydrogens (tertiary/aromatic N) is 1. The van der Waals surface area contributed by atoms with Crippen LogP contribution in [0.4, 0.5) is 0 Å². The Morgan fingerprint density at radius 3 is 3.20 bits per heavy atom. The zero-order chi connectivity index (χ0) is 11.1. The lowest BCUT2D eigenvalue weighted by atomic mass is 9.89. The summed E-state index contributed by atoms with van der Waals surface area (Å²) >= 11 is 0. The van der Waals surface area contributed by atoms with Gasteiger partial charge in [-0.2, -0.15) is 0 Å². The quantitative estimate of drug-likeness (QED) is 0.528. The zero-order valence-corrected chi connectivity index (χ0v) is 9.03. The van der Waals surface area contributed by atoms with E-state index in [1.54, 1.807) is 6.92 Å². The molecule has 2 aliphatic rings. The van der Waals surface area contributed by atoms with Gasteiger partial charge in [0.1, 0.15) is 5.54 Å². The number of fused-ring (bicyclic) bond motifs is 1. The molecule has 0 aromatic heterocycles. The van der Waals surface area contributed by atoms with Gasteiger partial charge in [-0.15, -0.1) is 0 Å². The number of aliphatic hydroxyl groups is 1. The van der Waals surface area contributed by atoms with Gasteiger partial charge in [0, 0.05) is 19.5 Å². The Balaban J connectivity index is 2.28. The van der Waals surface area contributed by atoms with E-state index in [1.807, 2.05) is 4.90 Å². The van der Waals surface area contributed by atoms with E-state index in [2.05, 4.69) is 6.58 Å². The molecule has 1 unspecified atom stereocenters. The predicted molar refractivity (Wildman–Crippen MR) is 55.3 cm³/mol. The Morgan fingerprint density at radius 2 is 2.53 bits per heavy atom. The average molecular weight is 211 g/mol. The van der Waals surface area contributed by atoms with Crippen molar-refractivity contribution in [2.45, 2.75) is 31.4 Å². The van der Waals surface area contributed by atoms with Crippen molar-refractivity contribution in [3.05, 3.63) is 12.2 Å². The van der Waals surface area contributed by atoms with Crippen molar-refractivity contribution in [1.29, 1.82) is 0 Å². The monoisotopic (exact) mass is 211 g/mol. The van der Waals surface area contributed by atoms with Crippen LogP contribution in [0.3, 0.4) is 0 Å². The Bertz CT molecular complexity index is 302. The highest BCUT2D eigenvalue weighted by Gasteiger charge is 2.56. The van der Waals surface area contributed by atoms with Gasteiger partial charge in [-0.25, -0.2) is 4.79 Å². The minimum atomic E-state index is -0.727. The van der Waals surface area contributed by atoms with E-state index in [4.69, 9.17) is 4.74 Å². The maximum absolute atomic E-state index is 12.0. The first-order valence-electron chi connectivity index (χ1n) is 5.40. The van der Waals surface area contributed by atoms with Crippen molar-refractivity contribution in [2.24, 2.45) is 0 Å². The minimum absolute atomic E-state index is 0.246. The van der Waals surface area contributed by atoms with Crippen LogP contribution >= 0.6 is 0 Å². The van der Waals surface area contributed by atoms with Gasteiger partial charge in [-0.05, 0) is 18.9 Å². The molecule has 0 amide bonds. The molecule has 0 bridgehead atoms. The molecule has 84 valence electrons. The van der Waals surface area contributed by atoms with E-state index in [1.165, 1.54) is 0 Å². The molecule has 0 aromatic carbocycles. The average Bonchev–Trinajstić information content (AvgIpc) is 2.65. The van der Waals surface area contributed by atoms with Crippen LogP contribution in [0.5, 0.6) is 0 Å². The summed E-state index contributed by atoms with van der Waals surface area (Å²) in [5.41, 5.74) is 0.160. The van der Waals surface area contributed by atoms with Crippen molar-refractivity contribution < 1.29 is 14.6 Å². The summed E-state index contributed by atoms with van der Waals surface area (Å²) in [6.07, 6.45) is 0.822. The Hall–Kier alpha value is -0.870. The van der Waals surface area contributed by atoms with E-state index >= 15 is 0 Å². The highest BCUT2D eigenvalue weighted by Crippen LogP contribution is 2.42. The lowest BCUT2D eigenvalue weighted by Crippen LogP contribution is -2.47. The van der Waals surface area contributed by atoms with Crippen LogP contribution in [0.2, 0.25) is 0 Å². The van der Waals surface area contributed by atoms with Gasteiger partial charge in [0.25, 0.3) is 0 Å². The summed E-state index contributed by atoms with van der Waals surface area (Å²) in [6, 6.07) is 0. The molecule has 4 heteroatoms. The van der Waals surface area contributed by atoms with E-state index < -0.39 is 11.6 Å². The Labute approximate surface area is 89.5 Å². The van der Waals surface area contributed by atoms with E-state index in [9.17, 15) is 9.90 Å². The number of rotatable bonds is 2. The molecule has 0 spiro atoms. The molecule has 2 fully saturated rings. The first-order valence-corrected chi connectivity index (χ1v) is 5.40. The molecule has 0 aliphatic carbocycles. The minimum Gasteiger partial charge on any atom is -0.464 e. The number of carbonyl (C=O) groups is 1. The molecule has 2 aliphatic heterocycles. The van der Waals surface area contributed by atoms with Crippen molar-refractivity contribution >= 4 is 5.97 Å². The molecular weight excluding hydrogens is 194 g/mol. The third-order valence-corrected chi connectivity index (χ3v) is 3.38. The molecular formula is C11H17NO3. The maximum Gasteiger partial charge on any atom is 0.330 e. The van der Waals surface area contributed by atoms with Crippen molar-refractivity contribution in [3.8, 4) is 0 Å². The van der Waals surface area contributed by atoms with Gasteiger partial charge in [-0.1, -0.05) is 6.58 Å². The second kappa shape index (κ2) is 3.61. The van der Waals surface area contributed by atoms with Crippen molar-refractivity contribution in [1.82, 2.24) is 4.90 Å².